The van der Waals surface area contributed by atoms with Crippen molar-refractivity contribution in [3.05, 3.63) is 53.1 Å². The van der Waals surface area contributed by atoms with Crippen LogP contribution >= 0.6 is 0 Å². The minimum absolute atomic E-state index is 0.219. The van der Waals surface area contributed by atoms with E-state index in [2.05, 4.69) is 24.3 Å². The summed E-state index contributed by atoms with van der Waals surface area (Å²) < 4.78 is 0. The fraction of sp³-hybridized carbons (Fsp3) is 0.154. The molecule has 0 radical (unpaired) electrons. The molecule has 0 saturated carbocycles. The third-order valence-electron chi connectivity index (χ3n) is 2.84. The highest BCUT2D eigenvalue weighted by atomic mass is 16.1. The van der Waals surface area contributed by atoms with Crippen LogP contribution in [0.1, 0.15) is 16.7 Å². The lowest BCUT2D eigenvalue weighted by molar-refractivity contribution is -0.114. The Labute approximate surface area is 82.8 Å². The topological polar surface area (TPSA) is 17.1 Å². The molecule has 0 aliphatic heterocycles. The van der Waals surface area contributed by atoms with E-state index in [0.717, 1.165) is 12.0 Å². The maximum atomic E-state index is 11.4. The van der Waals surface area contributed by atoms with Crippen molar-refractivity contribution in [2.45, 2.75) is 12.8 Å². The van der Waals surface area contributed by atoms with Gasteiger partial charge in [-0.2, -0.15) is 0 Å². The van der Waals surface area contributed by atoms with Crippen LogP contribution in [0.4, 0.5) is 0 Å². The molecule has 0 saturated heterocycles. The van der Waals surface area contributed by atoms with E-state index in [1.54, 1.807) is 6.08 Å². The van der Waals surface area contributed by atoms with E-state index in [0.29, 0.717) is 6.42 Å². The monoisotopic (exact) mass is 182 g/mol. The van der Waals surface area contributed by atoms with Gasteiger partial charge >= 0.3 is 0 Å². The lowest BCUT2D eigenvalue weighted by Crippen LogP contribution is -2.12. The highest BCUT2D eigenvalue weighted by Gasteiger charge is 2.20. The second-order valence-electron chi connectivity index (χ2n) is 3.80. The molecule has 14 heavy (non-hydrogen) atoms. The minimum Gasteiger partial charge on any atom is -0.294 e. The van der Waals surface area contributed by atoms with Gasteiger partial charge in [0.05, 0.1) is 0 Å². The molecule has 0 atom stereocenters. The van der Waals surface area contributed by atoms with Gasteiger partial charge in [0, 0.05) is 6.42 Å². The molecule has 0 fully saturated rings. The van der Waals surface area contributed by atoms with Crippen molar-refractivity contribution in [2.24, 2.45) is 0 Å². The summed E-state index contributed by atoms with van der Waals surface area (Å²) in [6, 6.07) is 6.25. The molecule has 2 aliphatic rings. The molecule has 68 valence electrons. The summed E-state index contributed by atoms with van der Waals surface area (Å²) in [6.07, 6.45) is 7.51. The Morgan fingerprint density at radius 1 is 1.14 bits per heavy atom. The number of carbonyl (C=O) groups is 1. The Balaban J connectivity index is 2.33. The number of carbonyl (C=O) groups excluding carboxylic acids is 1. The van der Waals surface area contributed by atoms with Gasteiger partial charge in [-0.25, -0.2) is 0 Å². The fourth-order valence-electron chi connectivity index (χ4n) is 2.27. The normalized spacial score (nSPS) is 17.7. The number of rotatable bonds is 0. The van der Waals surface area contributed by atoms with Gasteiger partial charge in [0.25, 0.3) is 0 Å². The van der Waals surface area contributed by atoms with Crippen LogP contribution in [0.3, 0.4) is 0 Å². The molecule has 2 aliphatic carbocycles. The van der Waals surface area contributed by atoms with E-state index in [9.17, 15) is 4.79 Å². The van der Waals surface area contributed by atoms with Gasteiger partial charge in [0.15, 0.2) is 5.78 Å². The van der Waals surface area contributed by atoms with Gasteiger partial charge in [-0.1, -0.05) is 30.4 Å². The third-order valence-corrected chi connectivity index (χ3v) is 2.84. The minimum atomic E-state index is 0.219. The third kappa shape index (κ3) is 0.987. The average Bonchev–Trinajstić information content (AvgIpc) is 2.18. The predicted octanol–water partition coefficient (Wildman–Crippen LogP) is 2.31. The first-order valence-corrected chi connectivity index (χ1v) is 4.87. The quantitative estimate of drug-likeness (QED) is 0.601. The van der Waals surface area contributed by atoms with Gasteiger partial charge in [0.2, 0.25) is 0 Å². The van der Waals surface area contributed by atoms with Crippen LogP contribution in [0, 0.1) is 0 Å². The van der Waals surface area contributed by atoms with Crippen LogP contribution in [0.5, 0.6) is 0 Å². The average molecular weight is 182 g/mol. The van der Waals surface area contributed by atoms with E-state index >= 15 is 0 Å². The SMILES string of the molecule is O=C1C=C2C=CCc3cccc(c32)C1. The maximum Gasteiger partial charge on any atom is 0.160 e. The molecule has 1 aromatic rings. The number of benzene rings is 1. The van der Waals surface area contributed by atoms with Crippen LogP contribution in [0.25, 0.3) is 5.57 Å². The molecule has 0 amide bonds. The lowest BCUT2D eigenvalue weighted by Gasteiger charge is -2.21. The smallest absolute Gasteiger partial charge is 0.160 e. The molecule has 3 rings (SSSR count). The highest BCUT2D eigenvalue weighted by Crippen LogP contribution is 2.32. The summed E-state index contributed by atoms with van der Waals surface area (Å²) in [7, 11) is 0. The molecule has 1 aromatic carbocycles. The Bertz CT molecular complexity index is 478. The van der Waals surface area contributed by atoms with Crippen molar-refractivity contribution in [3.8, 4) is 0 Å². The van der Waals surface area contributed by atoms with Crippen molar-refractivity contribution in [2.75, 3.05) is 0 Å². The van der Waals surface area contributed by atoms with E-state index in [1.807, 2.05) is 6.07 Å². The van der Waals surface area contributed by atoms with Crippen LogP contribution in [0.2, 0.25) is 0 Å². The molecular formula is C13H10O. The van der Waals surface area contributed by atoms with Crippen molar-refractivity contribution in [1.29, 1.82) is 0 Å². The summed E-state index contributed by atoms with van der Waals surface area (Å²) >= 11 is 0. The van der Waals surface area contributed by atoms with E-state index in [4.69, 9.17) is 0 Å². The first-order valence-electron chi connectivity index (χ1n) is 4.87. The largest absolute Gasteiger partial charge is 0.294 e. The van der Waals surface area contributed by atoms with Crippen LogP contribution in [0.15, 0.2) is 36.4 Å². The molecule has 0 spiro atoms. The van der Waals surface area contributed by atoms with Crippen LogP contribution in [-0.4, -0.2) is 5.78 Å². The Morgan fingerprint density at radius 2 is 2.00 bits per heavy atom. The summed E-state index contributed by atoms with van der Waals surface area (Å²) in [5.74, 6) is 0.219. The van der Waals surface area contributed by atoms with Crippen LogP contribution in [-0.2, 0) is 17.6 Å². The van der Waals surface area contributed by atoms with Gasteiger partial charge < -0.3 is 0 Å². The zero-order valence-corrected chi connectivity index (χ0v) is 7.79. The first kappa shape index (κ1) is 7.74. The standard InChI is InChI=1S/C13H10O/c14-12-7-10-5-1-3-9-4-2-6-11(8-12)13(9)10/h1-3,5-6,8H,4,7H2. The van der Waals surface area contributed by atoms with Gasteiger partial charge in [-0.05, 0) is 34.8 Å². The lowest BCUT2D eigenvalue weighted by atomic mass is 9.83. The second-order valence-corrected chi connectivity index (χ2v) is 3.80. The highest BCUT2D eigenvalue weighted by molar-refractivity contribution is 6.04. The summed E-state index contributed by atoms with van der Waals surface area (Å²) in [5.41, 5.74) is 4.94. The Morgan fingerprint density at radius 3 is 2.93 bits per heavy atom. The summed E-state index contributed by atoms with van der Waals surface area (Å²) in [6.45, 7) is 0. The second kappa shape index (κ2) is 2.68. The van der Waals surface area contributed by atoms with E-state index < -0.39 is 0 Å². The van der Waals surface area contributed by atoms with Gasteiger partial charge in [0.1, 0.15) is 0 Å². The maximum absolute atomic E-state index is 11.4. The number of hydrogen-bond acceptors (Lipinski definition) is 1. The molecule has 0 N–H and O–H groups in total. The van der Waals surface area contributed by atoms with Crippen molar-refractivity contribution < 1.29 is 4.79 Å². The van der Waals surface area contributed by atoms with Gasteiger partial charge in [-0.15, -0.1) is 0 Å². The Kier molecular flexibility index (Phi) is 1.48. The number of hydrogen-bond donors (Lipinski definition) is 0. The molecule has 0 heterocycles. The molecular weight excluding hydrogens is 172 g/mol. The van der Waals surface area contributed by atoms with Gasteiger partial charge in [-0.3, -0.25) is 4.79 Å². The molecule has 0 aromatic heterocycles. The summed E-state index contributed by atoms with van der Waals surface area (Å²) in [4.78, 5) is 11.4. The zero-order chi connectivity index (χ0) is 9.54. The predicted molar refractivity (Wildman–Crippen MR) is 56.0 cm³/mol. The molecule has 0 unspecified atom stereocenters. The van der Waals surface area contributed by atoms with E-state index in [-0.39, 0.29) is 5.78 Å². The van der Waals surface area contributed by atoms with Crippen molar-refractivity contribution in [3.63, 3.8) is 0 Å². The molecule has 1 heteroatoms. The molecule has 1 nitrogen and oxygen atoms in total. The fourth-order valence-corrected chi connectivity index (χ4v) is 2.27. The number of allylic oxidation sites excluding steroid dienone is 4. The van der Waals surface area contributed by atoms with Crippen molar-refractivity contribution in [1.82, 2.24) is 0 Å². The number of ketones is 1. The Hall–Kier alpha value is -1.63. The molecule has 0 bridgehead atoms. The van der Waals surface area contributed by atoms with E-state index in [1.165, 1.54) is 16.7 Å². The first-order chi connectivity index (χ1) is 6.84. The van der Waals surface area contributed by atoms with Crippen molar-refractivity contribution >= 4 is 11.4 Å². The zero-order valence-electron chi connectivity index (χ0n) is 7.79. The summed E-state index contributed by atoms with van der Waals surface area (Å²) in [5, 5.41) is 0. The van der Waals surface area contributed by atoms with Crippen LogP contribution < -0.4 is 0 Å².